The average Bonchev–Trinajstić information content (AvgIpc) is 2.50. The highest BCUT2D eigenvalue weighted by molar-refractivity contribution is 6.04. The molecule has 1 aromatic carbocycles. The highest BCUT2D eigenvalue weighted by atomic mass is 16.2. The fourth-order valence-corrected chi connectivity index (χ4v) is 2.08. The molecule has 1 rings (SSSR count). The van der Waals surface area contributed by atoms with Crippen molar-refractivity contribution in [2.75, 3.05) is 13.1 Å². The van der Waals surface area contributed by atoms with E-state index in [2.05, 4.69) is 5.32 Å². The van der Waals surface area contributed by atoms with Gasteiger partial charge >= 0.3 is 0 Å². The van der Waals surface area contributed by atoms with Crippen molar-refractivity contribution in [3.63, 3.8) is 0 Å². The van der Waals surface area contributed by atoms with E-state index in [4.69, 9.17) is 0 Å². The first-order chi connectivity index (χ1) is 9.93. The fourth-order valence-electron chi connectivity index (χ4n) is 2.08. The van der Waals surface area contributed by atoms with Crippen molar-refractivity contribution in [3.8, 4) is 0 Å². The van der Waals surface area contributed by atoms with Crippen molar-refractivity contribution in [1.82, 2.24) is 10.2 Å². The monoisotopic (exact) mass is 290 g/mol. The van der Waals surface area contributed by atoms with E-state index in [0.717, 1.165) is 12.0 Å². The first-order valence-electron chi connectivity index (χ1n) is 7.55. The van der Waals surface area contributed by atoms with Gasteiger partial charge in [0.1, 0.15) is 5.41 Å². The molecule has 0 bridgehead atoms. The summed E-state index contributed by atoms with van der Waals surface area (Å²) in [5, 5.41) is 2.81. The minimum absolute atomic E-state index is 0.137. The van der Waals surface area contributed by atoms with Crippen molar-refractivity contribution in [1.29, 1.82) is 0 Å². The second kappa shape index (κ2) is 7.81. The molecular formula is C17H26N2O2. The Balaban J connectivity index is 2.79. The molecule has 0 aromatic heterocycles. The maximum atomic E-state index is 12.7. The van der Waals surface area contributed by atoms with Crippen molar-refractivity contribution in [3.05, 3.63) is 35.9 Å². The summed E-state index contributed by atoms with van der Waals surface area (Å²) in [5.41, 5.74) is 0.0254. The number of carbonyl (C=O) groups is 2. The van der Waals surface area contributed by atoms with Gasteiger partial charge in [0.25, 0.3) is 0 Å². The van der Waals surface area contributed by atoms with E-state index in [9.17, 15) is 9.59 Å². The molecule has 0 radical (unpaired) electrons. The van der Waals surface area contributed by atoms with Crippen LogP contribution in [0.15, 0.2) is 30.3 Å². The van der Waals surface area contributed by atoms with Crippen LogP contribution in [0.4, 0.5) is 0 Å². The fraction of sp³-hybridized carbons (Fsp3) is 0.529. The Morgan fingerprint density at radius 1 is 1.14 bits per heavy atom. The van der Waals surface area contributed by atoms with Gasteiger partial charge in [0.05, 0.1) is 0 Å². The quantitative estimate of drug-likeness (QED) is 0.785. The number of benzene rings is 1. The molecule has 21 heavy (non-hydrogen) atoms. The van der Waals surface area contributed by atoms with Crippen molar-refractivity contribution < 1.29 is 9.59 Å². The summed E-state index contributed by atoms with van der Waals surface area (Å²) >= 11 is 0. The Bertz CT molecular complexity index is 469. The zero-order chi connectivity index (χ0) is 15.9. The van der Waals surface area contributed by atoms with Crippen LogP contribution in [0, 0.1) is 5.41 Å². The average molecular weight is 290 g/mol. The second-order valence-electron chi connectivity index (χ2n) is 5.69. The van der Waals surface area contributed by atoms with Crippen LogP contribution in [0.5, 0.6) is 0 Å². The summed E-state index contributed by atoms with van der Waals surface area (Å²) in [4.78, 5) is 26.6. The van der Waals surface area contributed by atoms with E-state index in [1.165, 1.54) is 0 Å². The lowest BCUT2D eigenvalue weighted by Gasteiger charge is -2.30. The lowest BCUT2D eigenvalue weighted by Crippen LogP contribution is -2.49. The number of rotatable bonds is 7. The normalized spacial score (nSPS) is 11.0. The minimum atomic E-state index is -1.04. The lowest BCUT2D eigenvalue weighted by atomic mass is 9.90. The molecule has 0 saturated heterocycles. The maximum absolute atomic E-state index is 12.7. The van der Waals surface area contributed by atoms with Crippen molar-refractivity contribution in [2.45, 2.75) is 40.7 Å². The Labute approximate surface area is 127 Å². The van der Waals surface area contributed by atoms with Gasteiger partial charge < -0.3 is 10.2 Å². The summed E-state index contributed by atoms with van der Waals surface area (Å²) in [6, 6.07) is 9.82. The van der Waals surface area contributed by atoms with E-state index in [1.807, 2.05) is 44.2 Å². The largest absolute Gasteiger partial charge is 0.355 e. The molecule has 0 heterocycles. The topological polar surface area (TPSA) is 49.4 Å². The van der Waals surface area contributed by atoms with E-state index in [1.54, 1.807) is 18.7 Å². The molecule has 1 N–H and O–H groups in total. The van der Waals surface area contributed by atoms with E-state index >= 15 is 0 Å². The van der Waals surface area contributed by atoms with Gasteiger partial charge in [0.2, 0.25) is 11.8 Å². The van der Waals surface area contributed by atoms with Gasteiger partial charge in [-0.25, -0.2) is 0 Å². The minimum Gasteiger partial charge on any atom is -0.355 e. The van der Waals surface area contributed by atoms with Crippen LogP contribution in [-0.4, -0.2) is 29.8 Å². The predicted molar refractivity (Wildman–Crippen MR) is 84.6 cm³/mol. The zero-order valence-electron chi connectivity index (χ0n) is 13.5. The first-order valence-corrected chi connectivity index (χ1v) is 7.55. The third kappa shape index (κ3) is 4.59. The van der Waals surface area contributed by atoms with Crippen molar-refractivity contribution >= 4 is 11.8 Å². The SMILES string of the molecule is CCCNC(=O)C(C)(C)C(=O)N(CC)Cc1ccccc1. The molecule has 0 saturated carbocycles. The van der Waals surface area contributed by atoms with Crippen LogP contribution in [0.25, 0.3) is 0 Å². The van der Waals surface area contributed by atoms with Gasteiger partial charge in [0.15, 0.2) is 0 Å². The molecule has 2 amide bonds. The molecule has 0 aliphatic rings. The van der Waals surface area contributed by atoms with Crippen LogP contribution >= 0.6 is 0 Å². The summed E-state index contributed by atoms with van der Waals surface area (Å²) in [6.45, 7) is 9.00. The van der Waals surface area contributed by atoms with Gasteiger partial charge in [-0.15, -0.1) is 0 Å². The number of carbonyl (C=O) groups excluding carboxylic acids is 2. The molecular weight excluding hydrogens is 264 g/mol. The summed E-state index contributed by atoms with van der Waals surface area (Å²) < 4.78 is 0. The molecule has 1 aromatic rings. The molecule has 0 atom stereocenters. The maximum Gasteiger partial charge on any atom is 0.237 e. The Hall–Kier alpha value is -1.84. The molecule has 116 valence electrons. The van der Waals surface area contributed by atoms with Crippen LogP contribution < -0.4 is 5.32 Å². The molecule has 0 spiro atoms. The number of nitrogens with one attached hydrogen (secondary N) is 1. The van der Waals surface area contributed by atoms with Crippen LogP contribution in [0.2, 0.25) is 0 Å². The number of hydrogen-bond acceptors (Lipinski definition) is 2. The van der Waals surface area contributed by atoms with Crippen LogP contribution in [0.3, 0.4) is 0 Å². The smallest absolute Gasteiger partial charge is 0.237 e. The van der Waals surface area contributed by atoms with Crippen molar-refractivity contribution in [2.24, 2.45) is 5.41 Å². The molecule has 0 unspecified atom stereocenters. The third-order valence-corrected chi connectivity index (χ3v) is 3.52. The van der Waals surface area contributed by atoms with Crippen LogP contribution in [0.1, 0.15) is 39.7 Å². The second-order valence-corrected chi connectivity index (χ2v) is 5.69. The Morgan fingerprint density at radius 3 is 2.29 bits per heavy atom. The summed E-state index contributed by atoms with van der Waals surface area (Å²) in [7, 11) is 0. The Morgan fingerprint density at radius 2 is 1.76 bits per heavy atom. The zero-order valence-corrected chi connectivity index (χ0v) is 13.5. The van der Waals surface area contributed by atoms with Gasteiger partial charge in [-0.3, -0.25) is 9.59 Å². The molecule has 4 heteroatoms. The summed E-state index contributed by atoms with van der Waals surface area (Å²) in [5.74, 6) is -0.344. The number of hydrogen-bond donors (Lipinski definition) is 1. The van der Waals surface area contributed by atoms with E-state index < -0.39 is 5.41 Å². The van der Waals surface area contributed by atoms with Crippen LogP contribution in [-0.2, 0) is 16.1 Å². The Kier molecular flexibility index (Phi) is 6.40. The van der Waals surface area contributed by atoms with Gasteiger partial charge in [-0.1, -0.05) is 37.3 Å². The number of nitrogens with zero attached hydrogens (tertiary/aromatic N) is 1. The van der Waals surface area contributed by atoms with Gasteiger partial charge in [0, 0.05) is 19.6 Å². The highest BCUT2D eigenvalue weighted by Gasteiger charge is 2.38. The first kappa shape index (κ1) is 17.2. The third-order valence-electron chi connectivity index (χ3n) is 3.52. The highest BCUT2D eigenvalue weighted by Crippen LogP contribution is 2.21. The standard InChI is InChI=1S/C17H26N2O2/c1-5-12-18-15(20)17(3,4)16(21)19(6-2)13-14-10-8-7-9-11-14/h7-11H,5-6,12-13H2,1-4H3,(H,18,20). The molecule has 0 aliphatic carbocycles. The molecule has 0 aliphatic heterocycles. The van der Waals surface area contributed by atoms with Gasteiger partial charge in [-0.05, 0) is 32.8 Å². The number of amides is 2. The molecule has 4 nitrogen and oxygen atoms in total. The van der Waals surface area contributed by atoms with E-state index in [-0.39, 0.29) is 11.8 Å². The predicted octanol–water partition coefficient (Wildman–Crippen LogP) is 2.59. The van der Waals surface area contributed by atoms with E-state index in [0.29, 0.717) is 19.6 Å². The lowest BCUT2D eigenvalue weighted by molar-refractivity contribution is -0.148. The van der Waals surface area contributed by atoms with Gasteiger partial charge in [-0.2, -0.15) is 0 Å². The molecule has 0 fully saturated rings. The summed E-state index contributed by atoms with van der Waals surface area (Å²) in [6.07, 6.45) is 0.859.